The first-order chi connectivity index (χ1) is 17.9. The minimum atomic E-state index is -0.534. The van der Waals surface area contributed by atoms with Crippen molar-refractivity contribution in [3.05, 3.63) is 92.4 Å². The molecule has 0 aliphatic carbocycles. The maximum atomic E-state index is 14.2. The third-order valence-electron chi connectivity index (χ3n) is 6.62. The van der Waals surface area contributed by atoms with E-state index in [0.29, 0.717) is 46.5 Å². The van der Waals surface area contributed by atoms with Crippen LogP contribution in [0.25, 0.3) is 32.7 Å². The second kappa shape index (κ2) is 9.93. The van der Waals surface area contributed by atoms with Gasteiger partial charge in [-0.15, -0.1) is 0 Å². The van der Waals surface area contributed by atoms with Gasteiger partial charge in [0.1, 0.15) is 16.9 Å². The van der Waals surface area contributed by atoms with E-state index in [0.717, 1.165) is 10.8 Å². The highest BCUT2D eigenvalue weighted by Crippen LogP contribution is 2.34. The van der Waals surface area contributed by atoms with E-state index in [-0.39, 0.29) is 29.6 Å². The van der Waals surface area contributed by atoms with Crippen LogP contribution in [0.2, 0.25) is 0 Å². The molecule has 7 nitrogen and oxygen atoms in total. The predicted octanol–water partition coefficient (Wildman–Crippen LogP) is 5.81. The molecule has 37 heavy (non-hydrogen) atoms. The lowest BCUT2D eigenvalue weighted by atomic mass is 9.98. The van der Waals surface area contributed by atoms with E-state index in [1.54, 1.807) is 25.1 Å². The molecule has 5 aromatic rings. The van der Waals surface area contributed by atoms with Crippen molar-refractivity contribution in [3.63, 3.8) is 0 Å². The van der Waals surface area contributed by atoms with Crippen molar-refractivity contribution in [2.24, 2.45) is 0 Å². The molecular weight excluding hydrogens is 470 g/mol. The monoisotopic (exact) mass is 497 g/mol. The number of rotatable bonds is 7. The maximum Gasteiger partial charge on any atom is 0.336 e. The summed E-state index contributed by atoms with van der Waals surface area (Å²) in [4.78, 5) is 40.6. The van der Waals surface area contributed by atoms with E-state index >= 15 is 0 Å². The molecule has 7 heteroatoms. The fourth-order valence-electron chi connectivity index (χ4n) is 4.71. The molecule has 3 aromatic carbocycles. The van der Waals surface area contributed by atoms with Gasteiger partial charge in [-0.3, -0.25) is 9.59 Å². The highest BCUT2D eigenvalue weighted by molar-refractivity contribution is 6.06. The summed E-state index contributed by atoms with van der Waals surface area (Å²) in [6.07, 6.45) is 0.217. The molecule has 2 aromatic heterocycles. The Labute approximate surface area is 212 Å². The first-order valence-corrected chi connectivity index (χ1v) is 12.4. The number of anilines is 1. The van der Waals surface area contributed by atoms with Crippen LogP contribution in [0.5, 0.6) is 5.75 Å². The quantitative estimate of drug-likeness (QED) is 0.121. The summed E-state index contributed by atoms with van der Waals surface area (Å²) in [5, 5.41) is 2.87. The number of nitrogens with zero attached hydrogens (tertiary/aromatic N) is 1. The molecule has 0 unspecified atom stereocenters. The van der Waals surface area contributed by atoms with Gasteiger partial charge < -0.3 is 18.5 Å². The molecule has 0 bridgehead atoms. The summed E-state index contributed by atoms with van der Waals surface area (Å²) >= 11 is 0. The fourth-order valence-corrected chi connectivity index (χ4v) is 4.71. The van der Waals surface area contributed by atoms with Gasteiger partial charge in [0, 0.05) is 42.9 Å². The van der Waals surface area contributed by atoms with E-state index in [4.69, 9.17) is 13.6 Å². The van der Waals surface area contributed by atoms with Gasteiger partial charge in [-0.2, -0.15) is 0 Å². The summed E-state index contributed by atoms with van der Waals surface area (Å²) < 4.78 is 17.6. The first-order valence-electron chi connectivity index (χ1n) is 12.4. The molecule has 0 aliphatic heterocycles. The van der Waals surface area contributed by atoms with E-state index in [2.05, 4.69) is 0 Å². The first kappa shape index (κ1) is 24.3. The molecule has 5 rings (SSSR count). The average molecular weight is 498 g/mol. The third-order valence-corrected chi connectivity index (χ3v) is 6.62. The van der Waals surface area contributed by atoms with Crippen molar-refractivity contribution in [3.8, 4) is 5.75 Å². The van der Waals surface area contributed by atoms with E-state index < -0.39 is 11.6 Å². The topological polar surface area (TPSA) is 90.0 Å². The normalized spacial score (nSPS) is 11.3. The standard InChI is InChI=1S/C30H27NO6/c1-4-25(32)35-23-14-12-19-13-16-26(33)37-29(19)21(23)17-22-28(34)27-20-10-8-7-9-18(20)11-15-24(27)36-30(22)31(5-2)6-3/h7-16H,4-6,17H2,1-3H3. The third kappa shape index (κ3) is 4.37. The van der Waals surface area contributed by atoms with Gasteiger partial charge in [0.2, 0.25) is 5.88 Å². The van der Waals surface area contributed by atoms with Crippen LogP contribution in [0.1, 0.15) is 38.3 Å². The number of hydrogen-bond acceptors (Lipinski definition) is 7. The van der Waals surface area contributed by atoms with Crippen LogP contribution in [-0.4, -0.2) is 19.1 Å². The highest BCUT2D eigenvalue weighted by atomic mass is 16.5. The SMILES string of the molecule is CCC(=O)Oc1ccc2ccc(=O)oc2c1Cc1c(N(CC)CC)oc2ccc3ccccc3c2c1=O. The van der Waals surface area contributed by atoms with Gasteiger partial charge in [-0.05, 0) is 48.9 Å². The molecule has 0 amide bonds. The maximum absolute atomic E-state index is 14.2. The minimum absolute atomic E-state index is 0.0456. The number of carbonyl (C=O) groups excluding carboxylic acids is 1. The van der Waals surface area contributed by atoms with Gasteiger partial charge in [0.05, 0.1) is 10.9 Å². The lowest BCUT2D eigenvalue weighted by Gasteiger charge is -2.23. The second-order valence-corrected chi connectivity index (χ2v) is 8.77. The lowest BCUT2D eigenvalue weighted by molar-refractivity contribution is -0.134. The molecule has 0 atom stereocenters. The van der Waals surface area contributed by atoms with Crippen molar-refractivity contribution >= 4 is 44.6 Å². The van der Waals surface area contributed by atoms with Gasteiger partial charge in [0.15, 0.2) is 5.43 Å². The van der Waals surface area contributed by atoms with Gasteiger partial charge in [0.25, 0.3) is 0 Å². The molecule has 2 heterocycles. The van der Waals surface area contributed by atoms with Crippen LogP contribution in [0.4, 0.5) is 5.88 Å². The van der Waals surface area contributed by atoms with Crippen LogP contribution in [0.3, 0.4) is 0 Å². The molecule has 0 spiro atoms. The Morgan fingerprint density at radius 3 is 2.32 bits per heavy atom. The van der Waals surface area contributed by atoms with Crippen molar-refractivity contribution in [1.29, 1.82) is 0 Å². The minimum Gasteiger partial charge on any atom is -0.440 e. The number of carbonyl (C=O) groups is 1. The Hall–Kier alpha value is -4.39. The van der Waals surface area contributed by atoms with Crippen LogP contribution in [0, 0.1) is 0 Å². The van der Waals surface area contributed by atoms with Crippen LogP contribution >= 0.6 is 0 Å². The van der Waals surface area contributed by atoms with Crippen LogP contribution in [-0.2, 0) is 11.2 Å². The Bertz CT molecular complexity index is 1760. The fraction of sp³-hybridized carbons (Fsp3) is 0.233. The molecule has 0 aliphatic rings. The molecule has 0 saturated carbocycles. The van der Waals surface area contributed by atoms with Crippen LogP contribution < -0.4 is 20.7 Å². The van der Waals surface area contributed by atoms with Crippen molar-refractivity contribution in [1.82, 2.24) is 0 Å². The zero-order valence-electron chi connectivity index (χ0n) is 21.0. The average Bonchev–Trinajstić information content (AvgIpc) is 2.91. The molecular formula is C30H27NO6. The smallest absolute Gasteiger partial charge is 0.336 e. The summed E-state index contributed by atoms with van der Waals surface area (Å²) in [5.41, 5.74) is 0.905. The summed E-state index contributed by atoms with van der Waals surface area (Å²) in [6.45, 7) is 6.92. The van der Waals surface area contributed by atoms with Crippen LogP contribution in [0.15, 0.2) is 79.1 Å². The zero-order valence-corrected chi connectivity index (χ0v) is 21.0. The van der Waals surface area contributed by atoms with Gasteiger partial charge in [-0.1, -0.05) is 37.3 Å². The number of fused-ring (bicyclic) bond motifs is 4. The Balaban J connectivity index is 1.84. The molecule has 0 N–H and O–H groups in total. The molecule has 0 fully saturated rings. The zero-order chi connectivity index (χ0) is 26.1. The van der Waals surface area contributed by atoms with Crippen molar-refractivity contribution in [2.75, 3.05) is 18.0 Å². The summed E-state index contributed by atoms with van der Waals surface area (Å²) in [7, 11) is 0. The van der Waals surface area contributed by atoms with Crippen molar-refractivity contribution in [2.45, 2.75) is 33.6 Å². The van der Waals surface area contributed by atoms with E-state index in [1.165, 1.54) is 6.07 Å². The number of benzene rings is 3. The molecule has 188 valence electrons. The van der Waals surface area contributed by atoms with Crippen molar-refractivity contribution < 1.29 is 18.4 Å². The number of esters is 1. The summed E-state index contributed by atoms with van der Waals surface area (Å²) in [6, 6.07) is 17.8. The summed E-state index contributed by atoms with van der Waals surface area (Å²) in [5.74, 6) is 0.261. The number of hydrogen-bond donors (Lipinski definition) is 0. The predicted molar refractivity (Wildman–Crippen MR) is 145 cm³/mol. The highest BCUT2D eigenvalue weighted by Gasteiger charge is 2.24. The molecule has 0 saturated heterocycles. The largest absolute Gasteiger partial charge is 0.440 e. The Morgan fingerprint density at radius 2 is 1.57 bits per heavy atom. The van der Waals surface area contributed by atoms with E-state index in [1.807, 2.05) is 55.1 Å². The second-order valence-electron chi connectivity index (χ2n) is 8.77. The molecule has 0 radical (unpaired) electrons. The lowest BCUT2D eigenvalue weighted by Crippen LogP contribution is -2.26. The van der Waals surface area contributed by atoms with Gasteiger partial charge in [-0.25, -0.2) is 4.79 Å². The van der Waals surface area contributed by atoms with Gasteiger partial charge >= 0.3 is 11.6 Å². The number of ether oxygens (including phenoxy) is 1. The van der Waals surface area contributed by atoms with E-state index in [9.17, 15) is 14.4 Å². The Kier molecular flexibility index (Phi) is 6.53. The Morgan fingerprint density at radius 1 is 0.838 bits per heavy atom.